The van der Waals surface area contributed by atoms with Gasteiger partial charge in [0.15, 0.2) is 0 Å². The van der Waals surface area contributed by atoms with Crippen molar-refractivity contribution >= 4 is 5.91 Å². The average molecular weight is 280 g/mol. The van der Waals surface area contributed by atoms with Gasteiger partial charge >= 0.3 is 0 Å². The SMILES string of the molecule is CCCC[C@H](N)C(=O)NCc1cc(OC)ccc1OC. The second kappa shape index (κ2) is 8.43. The van der Waals surface area contributed by atoms with E-state index in [-0.39, 0.29) is 5.91 Å². The summed E-state index contributed by atoms with van der Waals surface area (Å²) >= 11 is 0. The number of ether oxygens (including phenoxy) is 2. The molecule has 0 aromatic heterocycles. The van der Waals surface area contributed by atoms with E-state index in [0.29, 0.717) is 18.7 Å². The second-order valence-corrected chi connectivity index (χ2v) is 4.64. The summed E-state index contributed by atoms with van der Waals surface area (Å²) in [5.41, 5.74) is 6.69. The van der Waals surface area contributed by atoms with Gasteiger partial charge in [0.2, 0.25) is 5.91 Å². The predicted molar refractivity (Wildman–Crippen MR) is 78.9 cm³/mol. The summed E-state index contributed by atoms with van der Waals surface area (Å²) < 4.78 is 10.4. The van der Waals surface area contributed by atoms with E-state index in [1.165, 1.54) is 0 Å². The molecule has 0 fully saturated rings. The molecule has 112 valence electrons. The highest BCUT2D eigenvalue weighted by molar-refractivity contribution is 5.81. The van der Waals surface area contributed by atoms with Crippen molar-refractivity contribution in [2.24, 2.45) is 5.73 Å². The van der Waals surface area contributed by atoms with Crippen molar-refractivity contribution in [2.75, 3.05) is 14.2 Å². The van der Waals surface area contributed by atoms with Gasteiger partial charge in [0.05, 0.1) is 20.3 Å². The highest BCUT2D eigenvalue weighted by Gasteiger charge is 2.13. The van der Waals surface area contributed by atoms with Gasteiger partial charge < -0.3 is 20.5 Å². The number of unbranched alkanes of at least 4 members (excludes halogenated alkanes) is 1. The van der Waals surface area contributed by atoms with Crippen LogP contribution in [0.1, 0.15) is 31.7 Å². The van der Waals surface area contributed by atoms with Crippen LogP contribution in [-0.2, 0) is 11.3 Å². The van der Waals surface area contributed by atoms with Crippen LogP contribution in [0, 0.1) is 0 Å². The monoisotopic (exact) mass is 280 g/mol. The Balaban J connectivity index is 2.62. The number of nitrogens with one attached hydrogen (secondary N) is 1. The molecule has 20 heavy (non-hydrogen) atoms. The highest BCUT2D eigenvalue weighted by atomic mass is 16.5. The number of methoxy groups -OCH3 is 2. The molecular formula is C15H24N2O3. The summed E-state index contributed by atoms with van der Waals surface area (Å²) in [4.78, 5) is 11.9. The maximum absolute atomic E-state index is 11.9. The molecule has 1 aromatic rings. The number of rotatable bonds is 8. The third kappa shape index (κ3) is 4.74. The summed E-state index contributed by atoms with van der Waals surface area (Å²) in [5, 5.41) is 2.83. The number of benzene rings is 1. The zero-order valence-corrected chi connectivity index (χ0v) is 12.4. The van der Waals surface area contributed by atoms with Gasteiger partial charge in [0, 0.05) is 12.1 Å². The molecule has 3 N–H and O–H groups in total. The van der Waals surface area contributed by atoms with E-state index >= 15 is 0 Å². The zero-order chi connectivity index (χ0) is 15.0. The van der Waals surface area contributed by atoms with Gasteiger partial charge in [0.1, 0.15) is 11.5 Å². The number of amides is 1. The number of carbonyl (C=O) groups excluding carboxylic acids is 1. The van der Waals surface area contributed by atoms with Crippen LogP contribution < -0.4 is 20.5 Å². The van der Waals surface area contributed by atoms with Crippen molar-refractivity contribution in [2.45, 2.75) is 38.8 Å². The Labute approximate surface area is 120 Å². The first-order chi connectivity index (χ1) is 9.62. The van der Waals surface area contributed by atoms with Crippen molar-refractivity contribution in [1.82, 2.24) is 5.32 Å². The van der Waals surface area contributed by atoms with Crippen LogP contribution >= 0.6 is 0 Å². The van der Waals surface area contributed by atoms with E-state index in [0.717, 1.165) is 24.2 Å². The Hall–Kier alpha value is -1.75. The zero-order valence-electron chi connectivity index (χ0n) is 12.4. The standard InChI is InChI=1S/C15H24N2O3/c1-4-5-6-13(16)15(18)17-10-11-9-12(19-2)7-8-14(11)20-3/h7-9,13H,4-6,10,16H2,1-3H3,(H,17,18)/t13-/m0/s1. The van der Waals surface area contributed by atoms with E-state index in [1.54, 1.807) is 14.2 Å². The fourth-order valence-electron chi connectivity index (χ4n) is 1.89. The molecule has 5 heteroatoms. The van der Waals surface area contributed by atoms with Crippen LogP contribution in [0.5, 0.6) is 11.5 Å². The third-order valence-electron chi connectivity index (χ3n) is 3.15. The van der Waals surface area contributed by atoms with Crippen molar-refractivity contribution in [3.63, 3.8) is 0 Å². The fraction of sp³-hybridized carbons (Fsp3) is 0.533. The van der Waals surface area contributed by atoms with Crippen LogP contribution in [-0.4, -0.2) is 26.2 Å². The van der Waals surface area contributed by atoms with Gasteiger partial charge in [-0.25, -0.2) is 0 Å². The quantitative estimate of drug-likeness (QED) is 0.762. The lowest BCUT2D eigenvalue weighted by Crippen LogP contribution is -2.40. The molecule has 0 heterocycles. The van der Waals surface area contributed by atoms with E-state index in [2.05, 4.69) is 12.2 Å². The first-order valence-electron chi connectivity index (χ1n) is 6.86. The van der Waals surface area contributed by atoms with Crippen molar-refractivity contribution in [3.05, 3.63) is 23.8 Å². The van der Waals surface area contributed by atoms with Gasteiger partial charge in [-0.1, -0.05) is 19.8 Å². The lowest BCUT2D eigenvalue weighted by Gasteiger charge is -2.14. The maximum atomic E-state index is 11.9. The number of hydrogen-bond acceptors (Lipinski definition) is 4. The molecule has 0 saturated heterocycles. The molecule has 1 atom stereocenters. The minimum absolute atomic E-state index is 0.136. The summed E-state index contributed by atoms with van der Waals surface area (Å²) in [6.45, 7) is 2.45. The molecule has 0 radical (unpaired) electrons. The Morgan fingerprint density at radius 1 is 1.35 bits per heavy atom. The van der Waals surface area contributed by atoms with Crippen molar-refractivity contribution < 1.29 is 14.3 Å². The minimum Gasteiger partial charge on any atom is -0.497 e. The van der Waals surface area contributed by atoms with Crippen LogP contribution in [0.25, 0.3) is 0 Å². The molecule has 0 unspecified atom stereocenters. The molecule has 1 rings (SSSR count). The fourth-order valence-corrected chi connectivity index (χ4v) is 1.89. The Morgan fingerprint density at radius 2 is 2.10 bits per heavy atom. The molecule has 1 amide bonds. The summed E-state index contributed by atoms with van der Waals surface area (Å²) in [6, 6.07) is 5.03. The van der Waals surface area contributed by atoms with E-state index < -0.39 is 6.04 Å². The predicted octanol–water partition coefficient (Wildman–Crippen LogP) is 1.84. The van der Waals surface area contributed by atoms with Crippen LogP contribution in [0.2, 0.25) is 0 Å². The second-order valence-electron chi connectivity index (χ2n) is 4.64. The van der Waals surface area contributed by atoms with E-state index in [4.69, 9.17) is 15.2 Å². The van der Waals surface area contributed by atoms with Crippen LogP contribution in [0.4, 0.5) is 0 Å². The molecule has 5 nitrogen and oxygen atoms in total. The van der Waals surface area contributed by atoms with Crippen molar-refractivity contribution in [1.29, 1.82) is 0 Å². The number of carbonyl (C=O) groups is 1. The lowest BCUT2D eigenvalue weighted by molar-refractivity contribution is -0.122. The number of hydrogen-bond donors (Lipinski definition) is 2. The smallest absolute Gasteiger partial charge is 0.237 e. The van der Waals surface area contributed by atoms with Gasteiger partial charge in [-0.3, -0.25) is 4.79 Å². The summed E-state index contributed by atoms with van der Waals surface area (Å²) in [6.07, 6.45) is 2.69. The molecule has 0 saturated carbocycles. The van der Waals surface area contributed by atoms with Crippen LogP contribution in [0.15, 0.2) is 18.2 Å². The first kappa shape index (κ1) is 16.3. The number of nitrogens with two attached hydrogens (primary N) is 1. The molecular weight excluding hydrogens is 256 g/mol. The van der Waals surface area contributed by atoms with E-state index in [1.807, 2.05) is 18.2 Å². The Kier molecular flexibility index (Phi) is 6.87. The maximum Gasteiger partial charge on any atom is 0.237 e. The normalized spacial score (nSPS) is 11.8. The third-order valence-corrected chi connectivity index (χ3v) is 3.15. The van der Waals surface area contributed by atoms with Gasteiger partial charge in [-0.2, -0.15) is 0 Å². The molecule has 1 aromatic carbocycles. The largest absolute Gasteiger partial charge is 0.497 e. The Morgan fingerprint density at radius 3 is 2.70 bits per heavy atom. The summed E-state index contributed by atoms with van der Waals surface area (Å²) in [7, 11) is 3.20. The summed E-state index contributed by atoms with van der Waals surface area (Å²) in [5.74, 6) is 1.31. The molecule has 0 bridgehead atoms. The van der Waals surface area contributed by atoms with Gasteiger partial charge in [-0.05, 0) is 24.6 Å². The molecule has 0 spiro atoms. The highest BCUT2D eigenvalue weighted by Crippen LogP contribution is 2.23. The molecule has 0 aliphatic heterocycles. The van der Waals surface area contributed by atoms with Gasteiger partial charge in [-0.15, -0.1) is 0 Å². The Bertz CT molecular complexity index is 435. The lowest BCUT2D eigenvalue weighted by atomic mass is 10.1. The molecule has 0 aliphatic rings. The van der Waals surface area contributed by atoms with Crippen molar-refractivity contribution in [3.8, 4) is 11.5 Å². The topological polar surface area (TPSA) is 73.6 Å². The van der Waals surface area contributed by atoms with E-state index in [9.17, 15) is 4.79 Å². The van der Waals surface area contributed by atoms with Gasteiger partial charge in [0.25, 0.3) is 0 Å². The average Bonchev–Trinajstić information content (AvgIpc) is 2.49. The van der Waals surface area contributed by atoms with Crippen LogP contribution in [0.3, 0.4) is 0 Å². The molecule has 0 aliphatic carbocycles. The minimum atomic E-state index is -0.452. The first-order valence-corrected chi connectivity index (χ1v) is 6.86.